The summed E-state index contributed by atoms with van der Waals surface area (Å²) in [7, 11) is 1.52. The van der Waals surface area contributed by atoms with Gasteiger partial charge in [0.05, 0.1) is 36.6 Å². The molecule has 1 aliphatic rings. The maximum absolute atomic E-state index is 13.4. The predicted molar refractivity (Wildman–Crippen MR) is 167 cm³/mol. The number of amides is 2. The van der Waals surface area contributed by atoms with Crippen LogP contribution in [0.5, 0.6) is 5.75 Å². The lowest BCUT2D eigenvalue weighted by Gasteiger charge is -2.15. The van der Waals surface area contributed by atoms with Crippen molar-refractivity contribution in [3.05, 3.63) is 81.5 Å². The van der Waals surface area contributed by atoms with Crippen LogP contribution in [0.4, 0.5) is 5.00 Å². The number of ether oxygens (including phenoxy) is 2. The number of nitrogens with one attached hydrogen (secondary N) is 2. The first-order valence-corrected chi connectivity index (χ1v) is 15.7. The molecule has 1 aliphatic carbocycles. The van der Waals surface area contributed by atoms with Crippen LogP contribution in [0.3, 0.4) is 0 Å². The molecule has 5 rings (SSSR count). The molecule has 12 heteroatoms. The summed E-state index contributed by atoms with van der Waals surface area (Å²) >= 11 is 2.69. The van der Waals surface area contributed by atoms with Crippen LogP contribution in [0.15, 0.2) is 53.7 Å². The van der Waals surface area contributed by atoms with E-state index in [4.69, 9.17) is 9.47 Å². The zero-order chi connectivity index (χ0) is 30.5. The van der Waals surface area contributed by atoms with Crippen LogP contribution < -0.4 is 15.4 Å². The topological polar surface area (TPSA) is 124 Å². The number of aryl methyl sites for hydroxylation is 2. The van der Waals surface area contributed by atoms with Crippen molar-refractivity contribution >= 4 is 45.9 Å². The highest BCUT2D eigenvalue weighted by molar-refractivity contribution is 8.00. The molecule has 0 aliphatic heterocycles. The first-order valence-electron chi connectivity index (χ1n) is 14.0. The Bertz CT molecular complexity index is 1660. The predicted octanol–water partition coefficient (Wildman–Crippen LogP) is 5.36. The molecule has 0 radical (unpaired) electrons. The van der Waals surface area contributed by atoms with Gasteiger partial charge in [0.15, 0.2) is 11.0 Å². The fourth-order valence-electron chi connectivity index (χ4n) is 4.94. The van der Waals surface area contributed by atoms with Gasteiger partial charge in [-0.05, 0) is 75.4 Å². The molecule has 1 unspecified atom stereocenters. The van der Waals surface area contributed by atoms with Crippen molar-refractivity contribution < 1.29 is 23.9 Å². The number of thioether (sulfide) groups is 1. The number of methoxy groups -OCH3 is 1. The van der Waals surface area contributed by atoms with Crippen LogP contribution in [0, 0.1) is 6.92 Å². The highest BCUT2D eigenvalue weighted by Crippen LogP contribution is 2.40. The Labute approximate surface area is 258 Å². The summed E-state index contributed by atoms with van der Waals surface area (Å²) in [6.45, 7) is 5.90. The van der Waals surface area contributed by atoms with Crippen molar-refractivity contribution in [2.75, 3.05) is 19.0 Å². The van der Waals surface area contributed by atoms with E-state index in [1.165, 1.54) is 30.2 Å². The number of fused-ring (bicyclic) bond motifs is 1. The number of carbonyl (C=O) groups excluding carboxylic acids is 3. The Balaban J connectivity index is 1.37. The van der Waals surface area contributed by atoms with Crippen LogP contribution >= 0.6 is 23.1 Å². The van der Waals surface area contributed by atoms with E-state index in [2.05, 4.69) is 20.8 Å². The standard InChI is InChI=1S/C31H33N5O5S2/c1-5-41-30(39)26-22-13-9-15-24(22)43-29(26)33-27(37)19(3)42-31-35-34-25(36(31)20-11-8-10-18(2)16-20)17-32-28(38)21-12-6-7-14-23(21)40-4/h6-8,10-12,14,16,19H,5,9,13,15,17H2,1-4H3,(H,32,38)(H,33,37). The van der Waals surface area contributed by atoms with Gasteiger partial charge < -0.3 is 20.1 Å². The number of thiophene rings is 1. The van der Waals surface area contributed by atoms with Crippen molar-refractivity contribution in [3.63, 3.8) is 0 Å². The van der Waals surface area contributed by atoms with Crippen molar-refractivity contribution in [1.82, 2.24) is 20.1 Å². The first kappa shape index (κ1) is 30.3. The third-order valence-corrected chi connectivity index (χ3v) is 9.26. The largest absolute Gasteiger partial charge is 0.496 e. The summed E-state index contributed by atoms with van der Waals surface area (Å²) in [6.07, 6.45) is 2.68. The van der Waals surface area contributed by atoms with Crippen molar-refractivity contribution in [3.8, 4) is 11.4 Å². The van der Waals surface area contributed by atoms with Gasteiger partial charge in [-0.15, -0.1) is 21.5 Å². The number of esters is 1. The summed E-state index contributed by atoms with van der Waals surface area (Å²) < 4.78 is 12.5. The second-order valence-electron chi connectivity index (χ2n) is 9.99. The van der Waals surface area contributed by atoms with E-state index in [1.54, 1.807) is 38.1 Å². The van der Waals surface area contributed by atoms with Crippen molar-refractivity contribution in [2.45, 2.75) is 57.0 Å². The lowest BCUT2D eigenvalue weighted by atomic mass is 10.1. The third kappa shape index (κ3) is 6.60. The number of nitrogens with zero attached hydrogens (tertiary/aromatic N) is 3. The van der Waals surface area contributed by atoms with E-state index < -0.39 is 11.2 Å². The fraction of sp³-hybridized carbons (Fsp3) is 0.323. The molecule has 0 saturated heterocycles. The summed E-state index contributed by atoms with van der Waals surface area (Å²) in [5.74, 6) is -0.00297. The number of hydrogen-bond donors (Lipinski definition) is 2. The maximum atomic E-state index is 13.4. The molecule has 0 bridgehead atoms. The lowest BCUT2D eigenvalue weighted by Crippen LogP contribution is -2.25. The van der Waals surface area contributed by atoms with Crippen molar-refractivity contribution in [2.24, 2.45) is 0 Å². The monoisotopic (exact) mass is 619 g/mol. The van der Waals surface area contributed by atoms with E-state index >= 15 is 0 Å². The molecule has 2 amide bonds. The Hall–Kier alpha value is -4.16. The average Bonchev–Trinajstić information content (AvgIpc) is 3.70. The molecular formula is C31H33N5O5S2. The number of rotatable bonds is 11. The molecule has 4 aromatic rings. The number of anilines is 1. The van der Waals surface area contributed by atoms with Gasteiger partial charge in [-0.1, -0.05) is 36.0 Å². The highest BCUT2D eigenvalue weighted by Gasteiger charge is 2.30. The minimum atomic E-state index is -0.573. The second kappa shape index (κ2) is 13.4. The van der Waals surface area contributed by atoms with Gasteiger partial charge in [0.25, 0.3) is 5.91 Å². The van der Waals surface area contributed by atoms with E-state index in [0.717, 1.165) is 41.0 Å². The van der Waals surface area contributed by atoms with Crippen LogP contribution in [0.25, 0.3) is 5.69 Å². The van der Waals surface area contributed by atoms with E-state index in [9.17, 15) is 14.4 Å². The molecule has 2 N–H and O–H groups in total. The molecule has 43 heavy (non-hydrogen) atoms. The fourth-order valence-corrected chi connectivity index (χ4v) is 7.11. The smallest absolute Gasteiger partial charge is 0.341 e. The van der Waals surface area contributed by atoms with E-state index in [1.807, 2.05) is 35.8 Å². The van der Waals surface area contributed by atoms with Crippen molar-refractivity contribution in [1.29, 1.82) is 0 Å². The molecule has 224 valence electrons. The van der Waals surface area contributed by atoms with Gasteiger partial charge in [-0.2, -0.15) is 0 Å². The van der Waals surface area contributed by atoms with Crippen LogP contribution in [-0.2, 0) is 28.9 Å². The summed E-state index contributed by atoms with van der Waals surface area (Å²) in [4.78, 5) is 40.3. The normalized spacial score (nSPS) is 12.8. The molecule has 0 fully saturated rings. The van der Waals surface area contributed by atoms with Gasteiger partial charge in [0, 0.05) is 10.6 Å². The van der Waals surface area contributed by atoms with E-state index in [0.29, 0.717) is 32.9 Å². The minimum Gasteiger partial charge on any atom is -0.496 e. The Morgan fingerprint density at radius 2 is 1.93 bits per heavy atom. The number of carbonyl (C=O) groups is 3. The van der Waals surface area contributed by atoms with Gasteiger partial charge >= 0.3 is 5.97 Å². The highest BCUT2D eigenvalue weighted by atomic mass is 32.2. The van der Waals surface area contributed by atoms with Gasteiger partial charge in [0.1, 0.15) is 10.8 Å². The molecule has 0 saturated carbocycles. The molecule has 0 spiro atoms. The SMILES string of the molecule is CCOC(=O)c1c(NC(=O)C(C)Sc2nnc(CNC(=O)c3ccccc3OC)n2-c2cccc(C)c2)sc2c1CCC2. The maximum Gasteiger partial charge on any atom is 0.341 e. The molecule has 2 aromatic heterocycles. The molecule has 1 atom stereocenters. The molecular weight excluding hydrogens is 587 g/mol. The zero-order valence-corrected chi connectivity index (χ0v) is 26.1. The number of benzene rings is 2. The summed E-state index contributed by atoms with van der Waals surface area (Å²) in [5.41, 5.74) is 3.71. The summed E-state index contributed by atoms with van der Waals surface area (Å²) in [5, 5.41) is 15.1. The zero-order valence-electron chi connectivity index (χ0n) is 24.4. The van der Waals surface area contributed by atoms with E-state index in [-0.39, 0.29) is 25.0 Å². The van der Waals surface area contributed by atoms with Crippen LogP contribution in [0.1, 0.15) is 62.8 Å². The van der Waals surface area contributed by atoms with Gasteiger partial charge in [-0.25, -0.2) is 4.79 Å². The lowest BCUT2D eigenvalue weighted by molar-refractivity contribution is -0.115. The Morgan fingerprint density at radius 3 is 2.70 bits per heavy atom. The quantitative estimate of drug-likeness (QED) is 0.170. The van der Waals surface area contributed by atoms with Gasteiger partial charge in [0.2, 0.25) is 5.91 Å². The molecule has 2 heterocycles. The number of para-hydroxylation sites is 1. The Kier molecular flexibility index (Phi) is 9.46. The minimum absolute atomic E-state index is 0.0998. The first-order chi connectivity index (χ1) is 20.8. The van der Waals surface area contributed by atoms with Crippen LogP contribution in [0.2, 0.25) is 0 Å². The number of aromatic nitrogens is 3. The number of hydrogen-bond acceptors (Lipinski definition) is 9. The Morgan fingerprint density at radius 1 is 1.12 bits per heavy atom. The summed E-state index contributed by atoms with van der Waals surface area (Å²) in [6, 6.07) is 14.8. The van der Waals surface area contributed by atoms with Gasteiger partial charge in [-0.3, -0.25) is 14.2 Å². The molecule has 2 aromatic carbocycles. The molecule has 10 nitrogen and oxygen atoms in total. The third-order valence-electron chi connectivity index (χ3n) is 7.01. The average molecular weight is 620 g/mol. The van der Waals surface area contributed by atoms with Crippen LogP contribution in [-0.4, -0.2) is 51.5 Å². The second-order valence-corrected chi connectivity index (χ2v) is 12.4.